The molecule has 1 aromatic carbocycles. The molecule has 0 unspecified atom stereocenters. The van der Waals surface area contributed by atoms with E-state index in [2.05, 4.69) is 32.7 Å². The number of benzene rings is 1. The lowest BCUT2D eigenvalue weighted by molar-refractivity contribution is -0.139. The second kappa shape index (κ2) is 9.04. The van der Waals surface area contributed by atoms with Crippen LogP contribution in [0.4, 0.5) is 0 Å². The zero-order chi connectivity index (χ0) is 19.1. The third-order valence-corrected chi connectivity index (χ3v) is 4.78. The molecule has 140 valence electrons. The highest BCUT2D eigenvalue weighted by Gasteiger charge is 2.21. The summed E-state index contributed by atoms with van der Waals surface area (Å²) >= 11 is 1.16. The Balaban J connectivity index is 1.51. The Kier molecular flexibility index (Phi) is 6.26. The van der Waals surface area contributed by atoms with E-state index < -0.39 is 17.9 Å². The van der Waals surface area contributed by atoms with E-state index in [9.17, 15) is 14.7 Å². The summed E-state index contributed by atoms with van der Waals surface area (Å²) in [7, 11) is 0. The molecule has 27 heavy (non-hydrogen) atoms. The lowest BCUT2D eigenvalue weighted by atomic mass is 10.1. The quantitative estimate of drug-likeness (QED) is 0.581. The van der Waals surface area contributed by atoms with E-state index in [-0.39, 0.29) is 6.42 Å². The van der Waals surface area contributed by atoms with Gasteiger partial charge in [-0.15, -0.1) is 16.4 Å². The van der Waals surface area contributed by atoms with Crippen LogP contribution in [0.3, 0.4) is 0 Å². The molecule has 9 heteroatoms. The first-order valence-corrected chi connectivity index (χ1v) is 9.35. The van der Waals surface area contributed by atoms with Crippen LogP contribution >= 0.6 is 11.3 Å². The van der Waals surface area contributed by atoms with Gasteiger partial charge in [0.25, 0.3) is 5.91 Å². The van der Waals surface area contributed by atoms with E-state index in [0.29, 0.717) is 23.5 Å². The molecular formula is C18H19N5O3S. The number of nitrogens with one attached hydrogen (secondary N) is 1. The number of hydrogen-bond donors (Lipinski definition) is 2. The molecule has 2 heterocycles. The molecule has 1 amide bonds. The predicted molar refractivity (Wildman–Crippen MR) is 99.5 cm³/mol. The SMILES string of the molecule is O=C(N[C@@H](CCc1cn(CCc2ccccc2)nn1)C(=O)O)c1cncs1. The maximum absolute atomic E-state index is 12.0. The highest BCUT2D eigenvalue weighted by molar-refractivity contribution is 7.11. The van der Waals surface area contributed by atoms with Crippen molar-refractivity contribution in [2.45, 2.75) is 31.8 Å². The van der Waals surface area contributed by atoms with E-state index in [1.165, 1.54) is 17.3 Å². The van der Waals surface area contributed by atoms with E-state index in [1.807, 2.05) is 24.4 Å². The maximum Gasteiger partial charge on any atom is 0.326 e. The van der Waals surface area contributed by atoms with Gasteiger partial charge < -0.3 is 10.4 Å². The standard InChI is InChI=1S/C18H19N5O3S/c24-17(16-10-19-12-27-16)20-15(18(25)26)7-6-14-11-23(22-21-14)9-8-13-4-2-1-3-5-13/h1-5,10-12,15H,6-9H2,(H,20,24)(H,25,26)/t15-/m0/s1. The van der Waals surface area contributed by atoms with Crippen molar-refractivity contribution in [3.05, 3.63) is 64.4 Å². The summed E-state index contributed by atoms with van der Waals surface area (Å²) in [4.78, 5) is 27.6. The van der Waals surface area contributed by atoms with Crippen molar-refractivity contribution in [1.82, 2.24) is 25.3 Å². The van der Waals surface area contributed by atoms with Crippen molar-refractivity contribution in [3.63, 3.8) is 0 Å². The number of rotatable bonds is 9. The van der Waals surface area contributed by atoms with Crippen molar-refractivity contribution in [1.29, 1.82) is 0 Å². The van der Waals surface area contributed by atoms with Crippen LogP contribution < -0.4 is 5.32 Å². The number of thiazole rings is 1. The van der Waals surface area contributed by atoms with E-state index in [1.54, 1.807) is 4.68 Å². The number of carboxylic acids is 1. The number of aliphatic carboxylic acids is 1. The highest BCUT2D eigenvalue weighted by atomic mass is 32.1. The van der Waals surface area contributed by atoms with Gasteiger partial charge in [-0.25, -0.2) is 4.79 Å². The predicted octanol–water partition coefficient (Wildman–Crippen LogP) is 1.79. The van der Waals surface area contributed by atoms with Gasteiger partial charge in [0.15, 0.2) is 0 Å². The van der Waals surface area contributed by atoms with Crippen molar-refractivity contribution >= 4 is 23.2 Å². The van der Waals surface area contributed by atoms with Crippen LogP contribution in [-0.4, -0.2) is 43.0 Å². The van der Waals surface area contributed by atoms with Gasteiger partial charge in [0.2, 0.25) is 0 Å². The lowest BCUT2D eigenvalue weighted by Gasteiger charge is -2.12. The molecule has 0 saturated heterocycles. The van der Waals surface area contributed by atoms with Gasteiger partial charge in [-0.05, 0) is 24.8 Å². The molecule has 0 aliphatic carbocycles. The van der Waals surface area contributed by atoms with E-state index >= 15 is 0 Å². The normalized spacial score (nSPS) is 11.9. The highest BCUT2D eigenvalue weighted by Crippen LogP contribution is 2.08. The van der Waals surface area contributed by atoms with E-state index in [4.69, 9.17) is 0 Å². The smallest absolute Gasteiger partial charge is 0.326 e. The fourth-order valence-electron chi connectivity index (χ4n) is 2.56. The Morgan fingerprint density at radius 3 is 2.74 bits per heavy atom. The number of nitrogens with zero attached hydrogens (tertiary/aromatic N) is 4. The summed E-state index contributed by atoms with van der Waals surface area (Å²) in [5.74, 6) is -1.51. The minimum Gasteiger partial charge on any atom is -0.480 e. The molecule has 0 saturated carbocycles. The Morgan fingerprint density at radius 2 is 2.04 bits per heavy atom. The first-order valence-electron chi connectivity index (χ1n) is 8.47. The molecular weight excluding hydrogens is 366 g/mol. The molecule has 0 aliphatic rings. The van der Waals surface area contributed by atoms with Crippen LogP contribution in [0.1, 0.15) is 27.3 Å². The van der Waals surface area contributed by atoms with Crippen molar-refractivity contribution in [3.8, 4) is 0 Å². The number of hydrogen-bond acceptors (Lipinski definition) is 6. The molecule has 3 rings (SSSR count). The Hall–Kier alpha value is -3.07. The average Bonchev–Trinajstić information content (AvgIpc) is 3.36. The number of carbonyl (C=O) groups is 2. The first kappa shape index (κ1) is 18.7. The molecule has 0 fully saturated rings. The minimum absolute atomic E-state index is 0.233. The van der Waals surface area contributed by atoms with Crippen LogP contribution in [0.25, 0.3) is 0 Å². The largest absolute Gasteiger partial charge is 0.480 e. The monoisotopic (exact) mass is 385 g/mol. The van der Waals surface area contributed by atoms with Gasteiger partial charge in [0.05, 0.1) is 17.4 Å². The van der Waals surface area contributed by atoms with Gasteiger partial charge in [-0.1, -0.05) is 35.5 Å². The second-order valence-electron chi connectivity index (χ2n) is 5.98. The summed E-state index contributed by atoms with van der Waals surface area (Å²) in [6, 6.07) is 9.09. The number of carboxylic acid groups (broad SMARTS) is 1. The Labute approximate surface area is 159 Å². The molecule has 3 aromatic rings. The Bertz CT molecular complexity index is 880. The third-order valence-electron chi connectivity index (χ3n) is 4.01. The van der Waals surface area contributed by atoms with Crippen LogP contribution in [-0.2, 0) is 24.2 Å². The van der Waals surface area contributed by atoms with Crippen molar-refractivity contribution in [2.24, 2.45) is 0 Å². The minimum atomic E-state index is -1.08. The number of carbonyl (C=O) groups excluding carboxylic acids is 1. The average molecular weight is 385 g/mol. The summed E-state index contributed by atoms with van der Waals surface area (Å²) in [6.07, 6.45) is 4.71. The molecule has 2 aromatic heterocycles. The third kappa shape index (κ3) is 5.45. The van der Waals surface area contributed by atoms with Gasteiger partial charge >= 0.3 is 5.97 Å². The summed E-state index contributed by atoms with van der Waals surface area (Å²) in [5, 5.41) is 20.0. The molecule has 1 atom stereocenters. The van der Waals surface area contributed by atoms with Crippen LogP contribution in [0.15, 0.2) is 48.2 Å². The van der Waals surface area contributed by atoms with E-state index in [0.717, 1.165) is 17.8 Å². The molecule has 2 N–H and O–H groups in total. The summed E-state index contributed by atoms with van der Waals surface area (Å²) < 4.78 is 1.74. The molecule has 0 spiro atoms. The van der Waals surface area contributed by atoms with Crippen LogP contribution in [0.5, 0.6) is 0 Å². The van der Waals surface area contributed by atoms with Crippen molar-refractivity contribution in [2.75, 3.05) is 0 Å². The number of amides is 1. The Morgan fingerprint density at radius 1 is 1.22 bits per heavy atom. The van der Waals surface area contributed by atoms with Crippen LogP contribution in [0.2, 0.25) is 0 Å². The van der Waals surface area contributed by atoms with Gasteiger partial charge in [-0.3, -0.25) is 14.5 Å². The fourth-order valence-corrected chi connectivity index (χ4v) is 3.08. The zero-order valence-electron chi connectivity index (χ0n) is 14.5. The lowest BCUT2D eigenvalue weighted by Crippen LogP contribution is -2.40. The molecule has 8 nitrogen and oxygen atoms in total. The zero-order valence-corrected chi connectivity index (χ0v) is 15.3. The molecule has 0 bridgehead atoms. The number of aromatic nitrogens is 4. The van der Waals surface area contributed by atoms with Crippen molar-refractivity contribution < 1.29 is 14.7 Å². The number of aryl methyl sites for hydroxylation is 3. The van der Waals surface area contributed by atoms with Gasteiger partial charge in [-0.2, -0.15) is 0 Å². The first-order chi connectivity index (χ1) is 13.1. The topological polar surface area (TPSA) is 110 Å². The second-order valence-corrected chi connectivity index (χ2v) is 6.86. The fraction of sp³-hybridized carbons (Fsp3) is 0.278. The van der Waals surface area contributed by atoms with Gasteiger partial charge in [0.1, 0.15) is 10.9 Å². The maximum atomic E-state index is 12.0. The molecule has 0 radical (unpaired) electrons. The van der Waals surface area contributed by atoms with Gasteiger partial charge in [0, 0.05) is 12.7 Å². The molecule has 0 aliphatic heterocycles. The summed E-state index contributed by atoms with van der Waals surface area (Å²) in [6.45, 7) is 0.696. The van der Waals surface area contributed by atoms with Crippen LogP contribution in [0, 0.1) is 0 Å². The summed E-state index contributed by atoms with van der Waals surface area (Å²) in [5.41, 5.74) is 3.44.